The van der Waals surface area contributed by atoms with E-state index in [1.807, 2.05) is 6.92 Å². The zero-order valence-corrected chi connectivity index (χ0v) is 20.9. The molecule has 0 unspecified atom stereocenters. The van der Waals surface area contributed by atoms with Crippen molar-refractivity contribution in [1.82, 2.24) is 15.4 Å². The van der Waals surface area contributed by atoms with Crippen LogP contribution in [0.5, 0.6) is 0 Å². The Morgan fingerprint density at radius 1 is 1.06 bits per heavy atom. The summed E-state index contributed by atoms with van der Waals surface area (Å²) in [6, 6.07) is 13.3. The van der Waals surface area contributed by atoms with Gasteiger partial charge in [-0.3, -0.25) is 0 Å². The van der Waals surface area contributed by atoms with Gasteiger partial charge in [0.05, 0.1) is 21.8 Å². The first-order chi connectivity index (χ1) is 17.5. The average Bonchev–Trinajstić information content (AvgIpc) is 3.62. The average molecular weight is 501 g/mol. The number of hydrogen-bond donors (Lipinski definition) is 0. The van der Waals surface area contributed by atoms with Crippen LogP contribution in [0, 0.1) is 18.2 Å². The van der Waals surface area contributed by atoms with Gasteiger partial charge in [0.2, 0.25) is 0 Å². The maximum Gasteiger partial charge on any atom is 0.147 e. The minimum absolute atomic E-state index is 0.175. The summed E-state index contributed by atoms with van der Waals surface area (Å²) in [5.74, 6) is 0.916. The highest BCUT2D eigenvalue weighted by Crippen LogP contribution is 2.56. The number of hydrogen-bond acceptors (Lipinski definition) is 5. The van der Waals surface area contributed by atoms with E-state index < -0.39 is 0 Å². The molecule has 7 rings (SSSR count). The summed E-state index contributed by atoms with van der Waals surface area (Å²) in [7, 11) is 0. The SMILES string of the molecule is Cc1cc2ccc(N3CCC4(C=C(c5c(-c6c(F)cccc6Cl)noc5C5CC5)C4)CC3)cc2nn1. The van der Waals surface area contributed by atoms with E-state index in [9.17, 15) is 4.39 Å². The van der Waals surface area contributed by atoms with Gasteiger partial charge in [0.15, 0.2) is 0 Å². The largest absolute Gasteiger partial charge is 0.371 e. The number of aromatic nitrogens is 3. The summed E-state index contributed by atoms with van der Waals surface area (Å²) < 4.78 is 20.6. The van der Waals surface area contributed by atoms with Gasteiger partial charge >= 0.3 is 0 Å². The maximum absolute atomic E-state index is 14.8. The van der Waals surface area contributed by atoms with E-state index in [2.05, 4.69) is 50.6 Å². The molecular formula is C29H26ClFN4O. The van der Waals surface area contributed by atoms with Crippen molar-refractivity contribution >= 4 is 33.8 Å². The predicted molar refractivity (Wildman–Crippen MR) is 140 cm³/mol. The van der Waals surface area contributed by atoms with Gasteiger partial charge in [0, 0.05) is 35.6 Å². The second kappa shape index (κ2) is 8.13. The van der Waals surface area contributed by atoms with Crippen molar-refractivity contribution in [3.05, 3.63) is 76.4 Å². The molecule has 1 saturated carbocycles. The van der Waals surface area contributed by atoms with Crippen LogP contribution in [0.4, 0.5) is 10.1 Å². The summed E-state index contributed by atoms with van der Waals surface area (Å²) in [5, 5.41) is 14.4. The normalized spacial score (nSPS) is 19.0. The molecule has 1 saturated heterocycles. The second-order valence-electron chi connectivity index (χ2n) is 10.6. The lowest BCUT2D eigenvalue weighted by Gasteiger charge is -2.47. The molecule has 0 radical (unpaired) electrons. The molecule has 0 atom stereocenters. The lowest BCUT2D eigenvalue weighted by Crippen LogP contribution is -2.42. The number of halogens is 2. The van der Waals surface area contributed by atoms with E-state index in [4.69, 9.17) is 16.1 Å². The van der Waals surface area contributed by atoms with E-state index in [-0.39, 0.29) is 11.2 Å². The number of piperidine rings is 1. The van der Waals surface area contributed by atoms with Crippen LogP contribution in [0.1, 0.15) is 55.0 Å². The number of benzene rings is 2. The minimum Gasteiger partial charge on any atom is -0.371 e. The van der Waals surface area contributed by atoms with Crippen LogP contribution in [-0.2, 0) is 0 Å². The van der Waals surface area contributed by atoms with Crippen LogP contribution in [0.15, 0.2) is 53.1 Å². The molecule has 1 spiro atoms. The molecule has 36 heavy (non-hydrogen) atoms. The highest BCUT2D eigenvalue weighted by atomic mass is 35.5. The van der Waals surface area contributed by atoms with E-state index in [1.165, 1.54) is 17.3 Å². The summed E-state index contributed by atoms with van der Waals surface area (Å²) in [4.78, 5) is 2.44. The highest BCUT2D eigenvalue weighted by Gasteiger charge is 2.44. The first-order valence-electron chi connectivity index (χ1n) is 12.6. The highest BCUT2D eigenvalue weighted by molar-refractivity contribution is 6.33. The van der Waals surface area contributed by atoms with Crippen LogP contribution in [0.25, 0.3) is 27.7 Å². The van der Waals surface area contributed by atoms with E-state index in [1.54, 1.807) is 12.1 Å². The molecule has 0 amide bonds. The Bertz CT molecular complexity index is 1510. The third-order valence-corrected chi connectivity index (χ3v) is 8.34. The summed E-state index contributed by atoms with van der Waals surface area (Å²) in [5.41, 5.74) is 6.32. The maximum atomic E-state index is 14.8. The molecule has 1 aliphatic heterocycles. The van der Waals surface area contributed by atoms with Gasteiger partial charge in [-0.1, -0.05) is 35.0 Å². The topological polar surface area (TPSA) is 55.1 Å². The first-order valence-corrected chi connectivity index (χ1v) is 13.0. The Hall–Kier alpha value is -3.25. The Morgan fingerprint density at radius 3 is 2.61 bits per heavy atom. The molecule has 2 aromatic heterocycles. The molecule has 5 nitrogen and oxygen atoms in total. The first kappa shape index (κ1) is 22.0. The van der Waals surface area contributed by atoms with Crippen molar-refractivity contribution < 1.29 is 8.91 Å². The second-order valence-corrected chi connectivity index (χ2v) is 11.0. The number of fused-ring (bicyclic) bond motifs is 1. The van der Waals surface area contributed by atoms with Crippen LogP contribution in [-0.4, -0.2) is 28.4 Å². The Balaban J connectivity index is 1.15. The molecule has 3 aliphatic rings. The summed E-state index contributed by atoms with van der Waals surface area (Å²) >= 11 is 6.41. The molecule has 2 aliphatic carbocycles. The molecular weight excluding hydrogens is 475 g/mol. The molecule has 182 valence electrons. The van der Waals surface area contributed by atoms with Gasteiger partial charge in [-0.15, -0.1) is 0 Å². The standard InChI is InChI=1S/C29H26ClFN4O/c1-17-13-19-7-8-21(14-24(19)33-32-17)35-11-9-29(10-12-35)15-20(16-29)25-27(34-36-28(25)18-5-6-18)26-22(30)3-2-4-23(26)31/h2-4,7-8,13-15,18H,5-6,9-12,16H2,1H3. The van der Waals surface area contributed by atoms with Gasteiger partial charge in [-0.25, -0.2) is 4.39 Å². The van der Waals surface area contributed by atoms with E-state index >= 15 is 0 Å². The summed E-state index contributed by atoms with van der Waals surface area (Å²) in [6.45, 7) is 3.94. The van der Waals surface area contributed by atoms with Crippen LogP contribution < -0.4 is 4.90 Å². The molecule has 7 heteroatoms. The van der Waals surface area contributed by atoms with Gasteiger partial charge in [0.1, 0.15) is 17.3 Å². The molecule has 2 fully saturated rings. The molecule has 3 heterocycles. The van der Waals surface area contributed by atoms with Crippen molar-refractivity contribution in [2.75, 3.05) is 18.0 Å². The number of nitrogens with zero attached hydrogens (tertiary/aromatic N) is 4. The van der Waals surface area contributed by atoms with Crippen molar-refractivity contribution in [1.29, 1.82) is 0 Å². The minimum atomic E-state index is -0.363. The van der Waals surface area contributed by atoms with Gasteiger partial charge in [-0.05, 0) is 80.3 Å². The smallest absolute Gasteiger partial charge is 0.147 e. The lowest BCUT2D eigenvalue weighted by atomic mass is 9.63. The zero-order valence-electron chi connectivity index (χ0n) is 20.1. The quantitative estimate of drug-likeness (QED) is 0.293. The third-order valence-electron chi connectivity index (χ3n) is 8.03. The van der Waals surface area contributed by atoms with Crippen molar-refractivity contribution in [3.8, 4) is 11.3 Å². The van der Waals surface area contributed by atoms with Crippen molar-refractivity contribution in [3.63, 3.8) is 0 Å². The fourth-order valence-corrected chi connectivity index (χ4v) is 6.12. The lowest BCUT2D eigenvalue weighted by molar-refractivity contribution is 0.277. The Kier molecular flexibility index (Phi) is 4.97. The van der Waals surface area contributed by atoms with Crippen LogP contribution in [0.2, 0.25) is 5.02 Å². The van der Waals surface area contributed by atoms with Crippen LogP contribution in [0.3, 0.4) is 0 Å². The Morgan fingerprint density at radius 2 is 1.86 bits per heavy atom. The number of anilines is 1. The molecule has 0 bridgehead atoms. The fraction of sp³-hybridized carbons (Fsp3) is 0.345. The predicted octanol–water partition coefficient (Wildman–Crippen LogP) is 7.34. The molecule has 0 N–H and O–H groups in total. The number of rotatable bonds is 4. The van der Waals surface area contributed by atoms with Gasteiger partial charge in [-0.2, -0.15) is 10.2 Å². The Labute approximate surface area is 214 Å². The monoisotopic (exact) mass is 500 g/mol. The van der Waals surface area contributed by atoms with Gasteiger partial charge in [0.25, 0.3) is 0 Å². The number of aryl methyl sites for hydroxylation is 1. The third kappa shape index (κ3) is 3.62. The fourth-order valence-electron chi connectivity index (χ4n) is 5.87. The van der Waals surface area contributed by atoms with E-state index in [0.29, 0.717) is 22.2 Å². The van der Waals surface area contributed by atoms with Crippen molar-refractivity contribution in [2.45, 2.75) is 44.9 Å². The van der Waals surface area contributed by atoms with Crippen molar-refractivity contribution in [2.24, 2.45) is 5.41 Å². The molecule has 4 aromatic rings. The van der Waals surface area contributed by atoms with Crippen LogP contribution >= 0.6 is 11.6 Å². The molecule has 2 aromatic carbocycles. The van der Waals surface area contributed by atoms with E-state index in [0.717, 1.165) is 73.1 Å². The number of allylic oxidation sites excluding steroid dienone is 2. The van der Waals surface area contributed by atoms with Gasteiger partial charge < -0.3 is 9.42 Å². The zero-order chi connectivity index (χ0) is 24.4. The summed E-state index contributed by atoms with van der Waals surface area (Å²) in [6.07, 6.45) is 7.70.